The van der Waals surface area contributed by atoms with Crippen LogP contribution in [0.1, 0.15) is 27.2 Å². The van der Waals surface area contributed by atoms with Crippen LogP contribution in [-0.2, 0) is 4.74 Å². The van der Waals surface area contributed by atoms with E-state index < -0.39 is 0 Å². The van der Waals surface area contributed by atoms with E-state index in [9.17, 15) is 0 Å². The third-order valence-corrected chi connectivity index (χ3v) is 2.63. The first-order chi connectivity index (χ1) is 5.97. The zero-order valence-corrected chi connectivity index (χ0v) is 8.89. The lowest BCUT2D eigenvalue weighted by atomic mass is 9.87. The molecule has 78 valence electrons. The van der Waals surface area contributed by atoms with E-state index in [1.807, 2.05) is 0 Å². The number of ether oxygens (including phenoxy) is 1. The minimum Gasteiger partial charge on any atom is -0.396 e. The van der Waals surface area contributed by atoms with E-state index in [2.05, 4.69) is 26.1 Å². The summed E-state index contributed by atoms with van der Waals surface area (Å²) in [7, 11) is 0. The Morgan fingerprint density at radius 1 is 1.46 bits per heavy atom. The minimum atomic E-state index is 0.0351. The van der Waals surface area contributed by atoms with Crippen LogP contribution in [0.2, 0.25) is 0 Å². The van der Waals surface area contributed by atoms with Gasteiger partial charge in [-0.05, 0) is 20.3 Å². The molecule has 0 saturated carbocycles. The quantitative estimate of drug-likeness (QED) is 0.668. The Kier molecular flexibility index (Phi) is 3.33. The Morgan fingerprint density at radius 3 is 2.46 bits per heavy atom. The third-order valence-electron chi connectivity index (χ3n) is 2.63. The Balaban J connectivity index is 2.24. The summed E-state index contributed by atoms with van der Waals surface area (Å²) >= 11 is 0. The molecule has 0 atom stereocenters. The molecule has 3 heteroatoms. The molecule has 0 aromatic carbocycles. The number of hydrogen-bond donors (Lipinski definition) is 2. The highest BCUT2D eigenvalue weighted by Crippen LogP contribution is 2.26. The van der Waals surface area contributed by atoms with Gasteiger partial charge in [0.2, 0.25) is 0 Å². The van der Waals surface area contributed by atoms with Crippen molar-refractivity contribution in [2.24, 2.45) is 5.41 Å². The van der Waals surface area contributed by atoms with E-state index in [-0.39, 0.29) is 12.1 Å². The molecule has 1 rings (SSSR count). The van der Waals surface area contributed by atoms with E-state index in [1.54, 1.807) is 0 Å². The molecule has 2 N–H and O–H groups in total. The van der Waals surface area contributed by atoms with Gasteiger partial charge in [-0.15, -0.1) is 0 Å². The van der Waals surface area contributed by atoms with Gasteiger partial charge < -0.3 is 15.2 Å². The number of aliphatic hydroxyl groups excluding tert-OH is 1. The van der Waals surface area contributed by atoms with Crippen molar-refractivity contribution < 1.29 is 9.84 Å². The molecule has 0 spiro atoms. The van der Waals surface area contributed by atoms with Crippen molar-refractivity contribution in [1.29, 1.82) is 0 Å². The van der Waals surface area contributed by atoms with Gasteiger partial charge in [-0.25, -0.2) is 0 Å². The predicted molar refractivity (Wildman–Crippen MR) is 52.7 cm³/mol. The van der Waals surface area contributed by atoms with Crippen LogP contribution >= 0.6 is 0 Å². The Labute approximate surface area is 80.5 Å². The highest BCUT2D eigenvalue weighted by Gasteiger charge is 2.34. The first kappa shape index (κ1) is 11.0. The maximum Gasteiger partial charge on any atom is 0.0554 e. The second kappa shape index (κ2) is 3.95. The molecule has 1 aliphatic rings. The number of rotatable bonds is 5. The van der Waals surface area contributed by atoms with Crippen LogP contribution in [0.5, 0.6) is 0 Å². The van der Waals surface area contributed by atoms with Crippen molar-refractivity contribution in [1.82, 2.24) is 5.32 Å². The van der Waals surface area contributed by atoms with Gasteiger partial charge in [0.05, 0.1) is 13.2 Å². The molecule has 0 radical (unpaired) electrons. The van der Waals surface area contributed by atoms with E-state index >= 15 is 0 Å². The first-order valence-electron chi connectivity index (χ1n) is 4.91. The second-order valence-corrected chi connectivity index (χ2v) is 5.01. The standard InChI is InChI=1S/C10H21NO2/c1-9(2,4-5-12)11-6-10(3)7-13-8-10/h11-12H,4-8H2,1-3H3. The van der Waals surface area contributed by atoms with E-state index in [0.29, 0.717) is 5.41 Å². The maximum absolute atomic E-state index is 8.84. The predicted octanol–water partition coefficient (Wildman–Crippen LogP) is 0.773. The summed E-state index contributed by atoms with van der Waals surface area (Å²) in [5.41, 5.74) is 0.347. The second-order valence-electron chi connectivity index (χ2n) is 5.01. The molecule has 3 nitrogen and oxygen atoms in total. The van der Waals surface area contributed by atoms with Gasteiger partial charge in [-0.1, -0.05) is 6.92 Å². The van der Waals surface area contributed by atoms with Crippen LogP contribution in [-0.4, -0.2) is 37.0 Å². The normalized spacial score (nSPS) is 21.2. The average Bonchev–Trinajstić information content (AvgIpc) is 1.97. The van der Waals surface area contributed by atoms with Crippen molar-refractivity contribution in [3.8, 4) is 0 Å². The van der Waals surface area contributed by atoms with Crippen molar-refractivity contribution in [3.05, 3.63) is 0 Å². The summed E-state index contributed by atoms with van der Waals surface area (Å²) in [4.78, 5) is 0. The molecule has 13 heavy (non-hydrogen) atoms. The van der Waals surface area contributed by atoms with Gasteiger partial charge in [-0.2, -0.15) is 0 Å². The smallest absolute Gasteiger partial charge is 0.0554 e. The van der Waals surface area contributed by atoms with Crippen molar-refractivity contribution in [2.45, 2.75) is 32.7 Å². The molecule has 0 unspecified atom stereocenters. The lowest BCUT2D eigenvalue weighted by Gasteiger charge is -2.41. The van der Waals surface area contributed by atoms with Crippen LogP contribution < -0.4 is 5.32 Å². The molecule has 1 aliphatic heterocycles. The van der Waals surface area contributed by atoms with Gasteiger partial charge in [0.25, 0.3) is 0 Å². The van der Waals surface area contributed by atoms with E-state index in [4.69, 9.17) is 9.84 Å². The lowest BCUT2D eigenvalue weighted by Crippen LogP contribution is -2.52. The maximum atomic E-state index is 8.84. The number of nitrogens with one attached hydrogen (secondary N) is 1. The number of hydrogen-bond acceptors (Lipinski definition) is 3. The molecular formula is C10H21NO2. The van der Waals surface area contributed by atoms with Gasteiger partial charge >= 0.3 is 0 Å². The molecule has 0 aliphatic carbocycles. The fourth-order valence-electron chi connectivity index (χ4n) is 1.37. The van der Waals surface area contributed by atoms with E-state index in [1.165, 1.54) is 0 Å². The van der Waals surface area contributed by atoms with Gasteiger partial charge in [0.1, 0.15) is 0 Å². The first-order valence-corrected chi connectivity index (χ1v) is 4.91. The van der Waals surface area contributed by atoms with Crippen LogP contribution in [0, 0.1) is 5.41 Å². The summed E-state index contributed by atoms with van der Waals surface area (Å²) in [5, 5.41) is 12.3. The molecule has 1 saturated heterocycles. The molecule has 0 amide bonds. The van der Waals surface area contributed by atoms with Gasteiger partial charge in [0.15, 0.2) is 0 Å². The molecular weight excluding hydrogens is 166 g/mol. The fourth-order valence-corrected chi connectivity index (χ4v) is 1.37. The SMILES string of the molecule is CC1(CNC(C)(C)CCO)COC1. The topological polar surface area (TPSA) is 41.5 Å². The Hall–Kier alpha value is -0.120. The summed E-state index contributed by atoms with van der Waals surface area (Å²) in [6.45, 7) is 9.38. The minimum absolute atomic E-state index is 0.0351. The highest BCUT2D eigenvalue weighted by molar-refractivity contribution is 4.87. The Bertz CT molecular complexity index is 164. The van der Waals surface area contributed by atoms with Crippen LogP contribution in [0.15, 0.2) is 0 Å². The summed E-state index contributed by atoms with van der Waals surface area (Å²) < 4.78 is 5.17. The summed E-state index contributed by atoms with van der Waals surface area (Å²) in [6.07, 6.45) is 0.796. The zero-order chi connectivity index (χ0) is 9.95. The van der Waals surface area contributed by atoms with Crippen molar-refractivity contribution >= 4 is 0 Å². The molecule has 1 heterocycles. The largest absolute Gasteiger partial charge is 0.396 e. The molecule has 0 bridgehead atoms. The summed E-state index contributed by atoms with van der Waals surface area (Å²) in [5.74, 6) is 0. The van der Waals surface area contributed by atoms with Crippen LogP contribution in [0.25, 0.3) is 0 Å². The van der Waals surface area contributed by atoms with Gasteiger partial charge in [-0.3, -0.25) is 0 Å². The third kappa shape index (κ3) is 3.25. The Morgan fingerprint density at radius 2 is 2.08 bits per heavy atom. The zero-order valence-electron chi connectivity index (χ0n) is 8.89. The van der Waals surface area contributed by atoms with Crippen LogP contribution in [0.4, 0.5) is 0 Å². The van der Waals surface area contributed by atoms with E-state index in [0.717, 1.165) is 26.2 Å². The molecule has 1 fully saturated rings. The van der Waals surface area contributed by atoms with Gasteiger partial charge in [0, 0.05) is 24.1 Å². The number of aliphatic hydroxyl groups is 1. The monoisotopic (exact) mass is 187 g/mol. The van der Waals surface area contributed by atoms with Crippen LogP contribution in [0.3, 0.4) is 0 Å². The van der Waals surface area contributed by atoms with Crippen molar-refractivity contribution in [3.63, 3.8) is 0 Å². The summed E-state index contributed by atoms with van der Waals surface area (Å²) in [6, 6.07) is 0. The lowest BCUT2D eigenvalue weighted by molar-refractivity contribution is -0.102. The average molecular weight is 187 g/mol. The van der Waals surface area contributed by atoms with Crippen molar-refractivity contribution in [2.75, 3.05) is 26.4 Å². The molecule has 0 aromatic rings. The molecule has 0 aromatic heterocycles. The highest BCUT2D eigenvalue weighted by atomic mass is 16.5. The fraction of sp³-hybridized carbons (Fsp3) is 1.00.